The minimum atomic E-state index is -0.472. The number of benzene rings is 1. The van der Waals surface area contributed by atoms with Crippen molar-refractivity contribution in [3.8, 4) is 0 Å². The summed E-state index contributed by atoms with van der Waals surface area (Å²) in [7, 11) is 2.12. The van der Waals surface area contributed by atoms with Gasteiger partial charge in [0.1, 0.15) is 0 Å². The summed E-state index contributed by atoms with van der Waals surface area (Å²) >= 11 is 0. The lowest BCUT2D eigenvalue weighted by Crippen LogP contribution is -3.11. The van der Waals surface area contributed by atoms with Crippen LogP contribution in [0.2, 0.25) is 0 Å². The second kappa shape index (κ2) is 5.13. The van der Waals surface area contributed by atoms with Crippen LogP contribution in [0.15, 0.2) is 23.3 Å². The van der Waals surface area contributed by atoms with Crippen LogP contribution < -0.4 is 10.2 Å². The second-order valence-electron chi connectivity index (χ2n) is 5.30. The van der Waals surface area contributed by atoms with Crippen molar-refractivity contribution in [1.82, 2.24) is 5.01 Å². The molecule has 21 heavy (non-hydrogen) atoms. The van der Waals surface area contributed by atoms with Crippen LogP contribution in [0.4, 0.5) is 11.4 Å². The number of amides is 1. The van der Waals surface area contributed by atoms with Gasteiger partial charge in [-0.25, -0.2) is 0 Å². The number of hydrogen-bond donors (Lipinski definition) is 2. The lowest BCUT2D eigenvalue weighted by atomic mass is 10.1. The van der Waals surface area contributed by atoms with Crippen LogP contribution in [0.1, 0.15) is 5.56 Å². The van der Waals surface area contributed by atoms with Gasteiger partial charge in [0, 0.05) is 17.7 Å². The third-order valence-corrected chi connectivity index (χ3v) is 3.77. The molecule has 0 aliphatic carbocycles. The SMILES string of the molecule is C[NH+]1CCN(/N=C2\C(=O)Nc3ccc([N+](=O)[O-])cc32)CC1. The number of nitrogens with zero attached hydrogens (tertiary/aromatic N) is 3. The van der Waals surface area contributed by atoms with Gasteiger partial charge in [0.2, 0.25) is 0 Å². The van der Waals surface area contributed by atoms with Crippen molar-refractivity contribution in [2.75, 3.05) is 38.5 Å². The van der Waals surface area contributed by atoms with E-state index in [4.69, 9.17) is 0 Å². The van der Waals surface area contributed by atoms with E-state index in [0.717, 1.165) is 26.2 Å². The van der Waals surface area contributed by atoms with Crippen molar-refractivity contribution < 1.29 is 14.6 Å². The molecule has 0 saturated carbocycles. The molecule has 0 spiro atoms. The fraction of sp³-hybridized carbons (Fsp3) is 0.385. The van der Waals surface area contributed by atoms with Crippen molar-refractivity contribution in [2.45, 2.75) is 0 Å². The number of nitrogens with one attached hydrogen (secondary N) is 2. The maximum atomic E-state index is 12.0. The molecule has 1 aromatic rings. The molecule has 0 radical (unpaired) electrons. The quantitative estimate of drug-likeness (QED) is 0.544. The summed E-state index contributed by atoms with van der Waals surface area (Å²) in [4.78, 5) is 23.8. The third-order valence-electron chi connectivity index (χ3n) is 3.77. The van der Waals surface area contributed by atoms with E-state index in [1.165, 1.54) is 17.0 Å². The summed E-state index contributed by atoms with van der Waals surface area (Å²) < 4.78 is 0. The first kappa shape index (κ1) is 13.5. The molecule has 1 amide bonds. The lowest BCUT2D eigenvalue weighted by molar-refractivity contribution is -0.884. The predicted octanol–water partition coefficient (Wildman–Crippen LogP) is -0.919. The first-order valence-corrected chi connectivity index (χ1v) is 6.79. The van der Waals surface area contributed by atoms with Gasteiger partial charge in [0.05, 0.1) is 43.8 Å². The van der Waals surface area contributed by atoms with Crippen LogP contribution in [0, 0.1) is 10.1 Å². The molecule has 0 unspecified atom stereocenters. The molecule has 1 saturated heterocycles. The number of likely N-dealkylation sites (N-methyl/N-ethyl adjacent to an activating group) is 1. The highest BCUT2D eigenvalue weighted by molar-refractivity contribution is 6.53. The first-order valence-electron chi connectivity index (χ1n) is 6.79. The minimum Gasteiger partial charge on any atom is -0.334 e. The van der Waals surface area contributed by atoms with E-state index < -0.39 is 4.92 Å². The zero-order valence-corrected chi connectivity index (χ0v) is 11.6. The molecule has 8 heteroatoms. The number of nitro benzene ring substituents is 1. The number of anilines is 1. The van der Waals surface area contributed by atoms with E-state index in [9.17, 15) is 14.9 Å². The summed E-state index contributed by atoms with van der Waals surface area (Å²) in [6, 6.07) is 4.32. The van der Waals surface area contributed by atoms with Crippen LogP contribution in [0.5, 0.6) is 0 Å². The van der Waals surface area contributed by atoms with E-state index in [2.05, 4.69) is 17.5 Å². The van der Waals surface area contributed by atoms with Crippen molar-refractivity contribution in [1.29, 1.82) is 0 Å². The largest absolute Gasteiger partial charge is 0.334 e. The molecular weight excluding hydrogens is 274 g/mol. The maximum absolute atomic E-state index is 12.0. The lowest BCUT2D eigenvalue weighted by Gasteiger charge is -2.28. The molecule has 2 aliphatic rings. The fourth-order valence-corrected chi connectivity index (χ4v) is 2.47. The standard InChI is InChI=1S/C13H15N5O3/c1-16-4-6-17(7-5-16)15-12-10-8-9(18(20)21)2-3-11(10)14-13(12)19/h2-3,8H,4-7H2,1H3,(H,14,15,19)/p+1. The molecule has 2 heterocycles. The molecule has 1 fully saturated rings. The van der Waals surface area contributed by atoms with Crippen LogP contribution in [-0.2, 0) is 4.79 Å². The van der Waals surface area contributed by atoms with Gasteiger partial charge in [-0.15, -0.1) is 0 Å². The molecule has 0 bridgehead atoms. The second-order valence-corrected chi connectivity index (χ2v) is 5.30. The van der Waals surface area contributed by atoms with Gasteiger partial charge >= 0.3 is 0 Å². The monoisotopic (exact) mass is 290 g/mol. The number of rotatable bonds is 2. The minimum absolute atomic E-state index is 0.0410. The Bertz CT molecular complexity index is 635. The van der Waals surface area contributed by atoms with Gasteiger partial charge in [-0.05, 0) is 6.07 Å². The Morgan fingerprint density at radius 2 is 2.10 bits per heavy atom. The van der Waals surface area contributed by atoms with Gasteiger partial charge < -0.3 is 10.2 Å². The summed E-state index contributed by atoms with van der Waals surface area (Å²) in [5.74, 6) is -0.309. The van der Waals surface area contributed by atoms with E-state index in [-0.39, 0.29) is 17.3 Å². The first-order chi connectivity index (χ1) is 10.0. The van der Waals surface area contributed by atoms with Crippen LogP contribution >= 0.6 is 0 Å². The zero-order chi connectivity index (χ0) is 15.0. The molecule has 1 aromatic carbocycles. The number of piperazine rings is 1. The Morgan fingerprint density at radius 3 is 2.76 bits per heavy atom. The smallest absolute Gasteiger partial charge is 0.276 e. The molecule has 3 rings (SSSR count). The Balaban J connectivity index is 1.92. The van der Waals surface area contributed by atoms with Crippen molar-refractivity contribution >= 4 is 23.0 Å². The van der Waals surface area contributed by atoms with Gasteiger partial charge in [0.15, 0.2) is 5.71 Å². The highest BCUT2D eigenvalue weighted by atomic mass is 16.6. The average molecular weight is 290 g/mol. The Kier molecular flexibility index (Phi) is 3.30. The van der Waals surface area contributed by atoms with E-state index >= 15 is 0 Å². The summed E-state index contributed by atoms with van der Waals surface area (Å²) in [6.45, 7) is 3.46. The van der Waals surface area contributed by atoms with Crippen molar-refractivity contribution in [3.63, 3.8) is 0 Å². The zero-order valence-electron chi connectivity index (χ0n) is 11.6. The number of non-ortho nitro benzene ring substituents is 1. The highest BCUT2D eigenvalue weighted by Gasteiger charge is 2.29. The number of carbonyl (C=O) groups excluding carboxylic acids is 1. The number of quaternary nitrogens is 1. The molecule has 110 valence electrons. The van der Waals surface area contributed by atoms with Crippen molar-refractivity contribution in [3.05, 3.63) is 33.9 Å². The summed E-state index contributed by atoms with van der Waals surface area (Å²) in [6.07, 6.45) is 0. The predicted molar refractivity (Wildman–Crippen MR) is 76.5 cm³/mol. The summed E-state index contributed by atoms with van der Waals surface area (Å²) in [5, 5.41) is 19.8. The molecule has 2 aliphatic heterocycles. The molecule has 0 aromatic heterocycles. The Hall–Kier alpha value is -2.48. The van der Waals surface area contributed by atoms with Crippen LogP contribution in [0.25, 0.3) is 0 Å². The topological polar surface area (TPSA) is 92.3 Å². The van der Waals surface area contributed by atoms with E-state index in [0.29, 0.717) is 11.3 Å². The normalized spacial score (nSPS) is 20.5. The van der Waals surface area contributed by atoms with E-state index in [1.54, 1.807) is 6.07 Å². The molecule has 0 atom stereocenters. The van der Waals surface area contributed by atoms with Gasteiger partial charge in [-0.3, -0.25) is 19.9 Å². The molecule has 2 N–H and O–H groups in total. The van der Waals surface area contributed by atoms with Gasteiger partial charge in [-0.1, -0.05) is 0 Å². The summed E-state index contributed by atoms with van der Waals surface area (Å²) in [5.41, 5.74) is 1.29. The Labute approximate surface area is 121 Å². The van der Waals surface area contributed by atoms with Gasteiger partial charge in [-0.2, -0.15) is 5.10 Å². The number of fused-ring (bicyclic) bond motifs is 1. The number of nitro groups is 1. The van der Waals surface area contributed by atoms with E-state index in [1.807, 2.05) is 5.01 Å². The fourth-order valence-electron chi connectivity index (χ4n) is 2.47. The van der Waals surface area contributed by atoms with Crippen molar-refractivity contribution in [2.24, 2.45) is 5.10 Å². The highest BCUT2D eigenvalue weighted by Crippen LogP contribution is 2.27. The van der Waals surface area contributed by atoms with Crippen LogP contribution in [0.3, 0.4) is 0 Å². The average Bonchev–Trinajstić information content (AvgIpc) is 2.77. The van der Waals surface area contributed by atoms with Crippen LogP contribution in [-0.4, -0.2) is 54.8 Å². The van der Waals surface area contributed by atoms with Gasteiger partial charge in [0.25, 0.3) is 11.6 Å². The molecular formula is C13H16N5O3+. The Morgan fingerprint density at radius 1 is 1.38 bits per heavy atom. The maximum Gasteiger partial charge on any atom is 0.276 e. The third kappa shape index (κ3) is 2.57. The number of carbonyl (C=O) groups is 1. The number of hydrazone groups is 1. The molecule has 8 nitrogen and oxygen atoms in total. The number of hydrogen-bond acceptors (Lipinski definition) is 5.